The number of hydrogen-bond acceptors (Lipinski definition) is 7. The van der Waals surface area contributed by atoms with Crippen LogP contribution in [-0.2, 0) is 32.2 Å². The Labute approximate surface area is 273 Å². The predicted octanol–water partition coefficient (Wildman–Crippen LogP) is 6.49. The number of carbonyl (C=O) groups is 2. The first kappa shape index (κ1) is 31.9. The number of anilines is 3. The van der Waals surface area contributed by atoms with Crippen LogP contribution in [0.3, 0.4) is 0 Å². The molecule has 1 aliphatic rings. The minimum atomic E-state index is -0.617. The van der Waals surface area contributed by atoms with E-state index in [4.69, 9.17) is 15.2 Å². The monoisotopic (exact) mass is 633 g/mol. The highest BCUT2D eigenvalue weighted by Gasteiger charge is 2.32. The van der Waals surface area contributed by atoms with Gasteiger partial charge < -0.3 is 35.5 Å². The third kappa shape index (κ3) is 8.23. The van der Waals surface area contributed by atoms with Gasteiger partial charge in [0.25, 0.3) is 0 Å². The zero-order valence-corrected chi connectivity index (χ0v) is 26.0. The van der Waals surface area contributed by atoms with Crippen molar-refractivity contribution in [3.8, 4) is 0 Å². The number of ether oxygens (including phenoxy) is 2. The van der Waals surface area contributed by atoms with Crippen molar-refractivity contribution in [2.75, 3.05) is 16.4 Å². The molecule has 2 heterocycles. The summed E-state index contributed by atoms with van der Waals surface area (Å²) in [6.07, 6.45) is 3.29. The minimum Gasteiger partial charge on any atom is -0.397 e. The summed E-state index contributed by atoms with van der Waals surface area (Å²) in [6, 6.07) is 30.4. The molecule has 5 aromatic rings. The van der Waals surface area contributed by atoms with Gasteiger partial charge in [-0.25, -0.2) is 4.98 Å². The molecule has 4 aromatic carbocycles. The van der Waals surface area contributed by atoms with Gasteiger partial charge in [0.05, 0.1) is 54.1 Å². The van der Waals surface area contributed by atoms with Crippen LogP contribution in [0.25, 0.3) is 11.0 Å². The molecule has 0 aliphatic carbocycles. The summed E-state index contributed by atoms with van der Waals surface area (Å²) in [5, 5.41) is 15.3. The number of benzene rings is 4. The summed E-state index contributed by atoms with van der Waals surface area (Å²) in [4.78, 5) is 29.4. The van der Waals surface area contributed by atoms with Crippen molar-refractivity contribution in [3.63, 3.8) is 0 Å². The number of fused-ring (bicyclic) bond motifs is 1. The minimum absolute atomic E-state index is 0.0153. The molecule has 0 unspecified atom stereocenters. The van der Waals surface area contributed by atoms with Gasteiger partial charge in [0.2, 0.25) is 11.8 Å². The highest BCUT2D eigenvalue weighted by molar-refractivity contribution is 5.94. The fourth-order valence-corrected chi connectivity index (χ4v) is 5.75. The maximum absolute atomic E-state index is 12.6. The number of carbonyl (C=O) groups excluding carboxylic acids is 2. The van der Waals surface area contributed by atoms with Crippen LogP contribution in [0.15, 0.2) is 103 Å². The molecule has 0 radical (unpaired) electrons. The van der Waals surface area contributed by atoms with Crippen LogP contribution in [0.2, 0.25) is 0 Å². The van der Waals surface area contributed by atoms with Crippen LogP contribution in [0, 0.1) is 0 Å². The summed E-state index contributed by atoms with van der Waals surface area (Å²) in [7, 11) is 0. The lowest BCUT2D eigenvalue weighted by molar-refractivity contribution is -0.252. The SMILES string of the molecule is Nc1ccccc1NC(=O)CCCCC(=O)Nc1ccc([C@H]2O[C@@H](Cn3cnc4ccccc43)C[C@@H](c3ccc(CO)cc3)O2)cc1. The molecule has 1 saturated heterocycles. The van der Waals surface area contributed by atoms with Crippen LogP contribution in [0.1, 0.15) is 61.2 Å². The Bertz CT molecular complexity index is 1800. The highest BCUT2D eigenvalue weighted by Crippen LogP contribution is 2.39. The molecule has 1 fully saturated rings. The molecule has 47 heavy (non-hydrogen) atoms. The first-order valence-corrected chi connectivity index (χ1v) is 15.9. The van der Waals surface area contributed by atoms with Gasteiger partial charge in [-0.1, -0.05) is 60.7 Å². The molecule has 242 valence electrons. The number of aliphatic hydroxyl groups excluding tert-OH is 1. The summed E-state index contributed by atoms with van der Waals surface area (Å²) in [5.74, 6) is -0.245. The number of nitrogens with one attached hydrogen (secondary N) is 2. The van der Waals surface area contributed by atoms with Crippen LogP contribution < -0.4 is 16.4 Å². The van der Waals surface area contributed by atoms with Crippen molar-refractivity contribution in [2.24, 2.45) is 0 Å². The largest absolute Gasteiger partial charge is 0.397 e. The number of aromatic nitrogens is 2. The summed E-state index contributed by atoms with van der Waals surface area (Å²) in [6.45, 7) is 0.598. The number of para-hydroxylation sites is 4. The van der Waals surface area contributed by atoms with E-state index in [2.05, 4.69) is 26.3 Å². The van der Waals surface area contributed by atoms with Crippen LogP contribution in [0.5, 0.6) is 0 Å². The third-order valence-corrected chi connectivity index (χ3v) is 8.30. The van der Waals surface area contributed by atoms with Gasteiger partial charge in [-0.15, -0.1) is 0 Å². The zero-order valence-electron chi connectivity index (χ0n) is 26.0. The van der Waals surface area contributed by atoms with E-state index in [0.717, 1.165) is 27.7 Å². The first-order valence-electron chi connectivity index (χ1n) is 15.9. The number of aliphatic hydroxyl groups is 1. The standard InChI is InChI=1S/C37H39N5O5/c38-30-7-1-2-8-31(30)41-36(45)12-6-5-11-35(44)40-28-19-17-27(18-20-28)37-46-29(22-42-24-39-32-9-3-4-10-33(32)42)21-34(47-37)26-15-13-25(23-43)14-16-26/h1-4,7-10,13-20,24,29,34,37,43H,5-6,11-12,21-23,38H2,(H,40,44)(H,41,45)/t29-,34+,37+/m1/s1. The Kier molecular flexibility index (Phi) is 10.2. The molecule has 3 atom stereocenters. The lowest BCUT2D eigenvalue weighted by Crippen LogP contribution is -2.32. The fourth-order valence-electron chi connectivity index (χ4n) is 5.75. The van der Waals surface area contributed by atoms with Crippen molar-refractivity contribution < 1.29 is 24.2 Å². The molecule has 2 amide bonds. The van der Waals surface area contributed by atoms with Crippen molar-refractivity contribution in [2.45, 2.75) is 63.8 Å². The van der Waals surface area contributed by atoms with Gasteiger partial charge in [0.15, 0.2) is 6.29 Å². The van der Waals surface area contributed by atoms with E-state index in [0.29, 0.717) is 55.7 Å². The maximum atomic E-state index is 12.6. The number of nitrogens with zero attached hydrogens (tertiary/aromatic N) is 2. The Morgan fingerprint density at radius 2 is 1.51 bits per heavy atom. The topological polar surface area (TPSA) is 141 Å². The Balaban J connectivity index is 1.05. The average molecular weight is 634 g/mol. The van der Waals surface area contributed by atoms with Crippen LogP contribution in [-0.4, -0.2) is 32.6 Å². The van der Waals surface area contributed by atoms with Crippen molar-refractivity contribution >= 4 is 39.9 Å². The maximum Gasteiger partial charge on any atom is 0.224 e. The Morgan fingerprint density at radius 3 is 2.26 bits per heavy atom. The zero-order chi connectivity index (χ0) is 32.6. The highest BCUT2D eigenvalue weighted by atomic mass is 16.7. The van der Waals surface area contributed by atoms with Gasteiger partial charge in [-0.3, -0.25) is 9.59 Å². The normalized spacial score (nSPS) is 17.8. The molecule has 0 saturated carbocycles. The fraction of sp³-hybridized carbons (Fsp3) is 0.270. The molecule has 6 rings (SSSR count). The number of unbranched alkanes of at least 4 members (excludes halogenated alkanes) is 1. The predicted molar refractivity (Wildman–Crippen MR) is 181 cm³/mol. The van der Waals surface area contributed by atoms with E-state index in [-0.39, 0.29) is 30.6 Å². The second-order valence-corrected chi connectivity index (χ2v) is 11.7. The second kappa shape index (κ2) is 15.0. The van der Waals surface area contributed by atoms with Crippen molar-refractivity contribution in [1.29, 1.82) is 0 Å². The Morgan fingerprint density at radius 1 is 0.830 bits per heavy atom. The number of rotatable bonds is 12. The molecule has 5 N–H and O–H groups in total. The smallest absolute Gasteiger partial charge is 0.224 e. The van der Waals surface area contributed by atoms with Crippen molar-refractivity contribution in [3.05, 3.63) is 120 Å². The van der Waals surface area contributed by atoms with E-state index in [9.17, 15) is 14.7 Å². The third-order valence-electron chi connectivity index (χ3n) is 8.30. The second-order valence-electron chi connectivity index (χ2n) is 11.7. The molecule has 10 nitrogen and oxygen atoms in total. The number of imidazole rings is 1. The lowest BCUT2D eigenvalue weighted by atomic mass is 10.00. The number of nitrogen functional groups attached to an aromatic ring is 1. The first-order chi connectivity index (χ1) is 22.9. The molecule has 0 bridgehead atoms. The molecule has 1 aromatic heterocycles. The van der Waals surface area contributed by atoms with E-state index in [1.807, 2.05) is 85.2 Å². The van der Waals surface area contributed by atoms with Gasteiger partial charge in [-0.2, -0.15) is 0 Å². The Hall–Kier alpha value is -5.03. The van der Waals surface area contributed by atoms with Crippen LogP contribution >= 0.6 is 0 Å². The quantitative estimate of drug-likeness (QED) is 0.0909. The van der Waals surface area contributed by atoms with E-state index in [1.165, 1.54) is 0 Å². The molecule has 10 heteroatoms. The van der Waals surface area contributed by atoms with E-state index in [1.54, 1.807) is 12.1 Å². The average Bonchev–Trinajstić information content (AvgIpc) is 3.50. The van der Waals surface area contributed by atoms with E-state index >= 15 is 0 Å². The van der Waals surface area contributed by atoms with Gasteiger partial charge in [0.1, 0.15) is 0 Å². The summed E-state index contributed by atoms with van der Waals surface area (Å²) < 4.78 is 15.1. The molecular formula is C37H39N5O5. The van der Waals surface area contributed by atoms with Gasteiger partial charge >= 0.3 is 0 Å². The van der Waals surface area contributed by atoms with Crippen LogP contribution in [0.4, 0.5) is 17.1 Å². The molecule has 0 spiro atoms. The summed E-state index contributed by atoms with van der Waals surface area (Å²) in [5.41, 5.74) is 12.3. The number of nitrogens with two attached hydrogens (primary N) is 1. The van der Waals surface area contributed by atoms with Gasteiger partial charge in [-0.05, 0) is 60.4 Å². The van der Waals surface area contributed by atoms with Crippen molar-refractivity contribution in [1.82, 2.24) is 9.55 Å². The van der Waals surface area contributed by atoms with E-state index < -0.39 is 6.29 Å². The number of hydrogen-bond donors (Lipinski definition) is 4. The summed E-state index contributed by atoms with van der Waals surface area (Å²) >= 11 is 0. The lowest BCUT2D eigenvalue weighted by Gasteiger charge is -2.36. The molecule has 1 aliphatic heterocycles. The number of amides is 2. The van der Waals surface area contributed by atoms with Gasteiger partial charge in [0, 0.05) is 30.5 Å². The molecular weight excluding hydrogens is 594 g/mol.